The third-order valence-electron chi connectivity index (χ3n) is 5.67. The van der Waals surface area contributed by atoms with E-state index in [0.29, 0.717) is 23.1 Å². The predicted molar refractivity (Wildman–Crippen MR) is 122 cm³/mol. The zero-order chi connectivity index (χ0) is 21.3. The van der Waals surface area contributed by atoms with Gasteiger partial charge in [0.25, 0.3) is 0 Å². The minimum Gasteiger partial charge on any atom is -0.356 e. The third-order valence-corrected chi connectivity index (χ3v) is 6.14. The summed E-state index contributed by atoms with van der Waals surface area (Å²) in [4.78, 5) is 24.9. The maximum absolute atomic E-state index is 12.4. The molecular weight excluding hydrogens is 419 g/mol. The molecule has 0 unspecified atom stereocenters. The molecule has 0 spiro atoms. The van der Waals surface area contributed by atoms with Crippen LogP contribution >= 0.6 is 23.2 Å². The lowest BCUT2D eigenvalue weighted by molar-refractivity contribution is -0.130. The second kappa shape index (κ2) is 11.4. The molecule has 2 N–H and O–H groups in total. The third kappa shape index (κ3) is 7.03. The highest BCUT2D eigenvalue weighted by Crippen LogP contribution is 2.29. The first-order valence-corrected chi connectivity index (χ1v) is 11.3. The first-order valence-electron chi connectivity index (χ1n) is 10.6. The van der Waals surface area contributed by atoms with Gasteiger partial charge in [0, 0.05) is 35.0 Å². The van der Waals surface area contributed by atoms with E-state index in [2.05, 4.69) is 10.6 Å². The van der Waals surface area contributed by atoms with E-state index in [1.807, 2.05) is 48.5 Å². The van der Waals surface area contributed by atoms with Crippen molar-refractivity contribution in [2.24, 2.45) is 11.8 Å². The van der Waals surface area contributed by atoms with Crippen molar-refractivity contribution in [2.75, 3.05) is 13.1 Å². The summed E-state index contributed by atoms with van der Waals surface area (Å²) in [5.41, 5.74) is 2.22. The van der Waals surface area contributed by atoms with Crippen LogP contribution in [0.15, 0.2) is 48.5 Å². The molecular formula is C24H28Cl2N2O2. The summed E-state index contributed by atoms with van der Waals surface area (Å²) in [6.45, 7) is 1.20. The normalized spacial score (nSPS) is 18.6. The molecule has 3 rings (SSSR count). The average Bonchev–Trinajstić information content (AvgIpc) is 2.74. The van der Waals surface area contributed by atoms with Crippen LogP contribution in [0.25, 0.3) is 0 Å². The highest BCUT2D eigenvalue weighted by atomic mass is 35.5. The van der Waals surface area contributed by atoms with E-state index in [9.17, 15) is 9.59 Å². The van der Waals surface area contributed by atoms with Gasteiger partial charge in [-0.1, -0.05) is 47.5 Å². The summed E-state index contributed by atoms with van der Waals surface area (Å²) < 4.78 is 0. The Balaban J connectivity index is 1.33. The molecule has 1 aliphatic rings. The van der Waals surface area contributed by atoms with Gasteiger partial charge in [0.15, 0.2) is 0 Å². The van der Waals surface area contributed by atoms with Crippen molar-refractivity contribution in [1.29, 1.82) is 0 Å². The van der Waals surface area contributed by atoms with Crippen molar-refractivity contribution >= 4 is 35.0 Å². The van der Waals surface area contributed by atoms with Gasteiger partial charge in [0.1, 0.15) is 0 Å². The van der Waals surface area contributed by atoms with Crippen molar-refractivity contribution in [2.45, 2.75) is 38.5 Å². The fourth-order valence-corrected chi connectivity index (χ4v) is 4.38. The van der Waals surface area contributed by atoms with Gasteiger partial charge in [-0.05, 0) is 73.9 Å². The molecule has 4 nitrogen and oxygen atoms in total. The van der Waals surface area contributed by atoms with Gasteiger partial charge in [-0.25, -0.2) is 0 Å². The van der Waals surface area contributed by atoms with Crippen LogP contribution in [0, 0.1) is 11.8 Å². The van der Waals surface area contributed by atoms with E-state index in [-0.39, 0.29) is 23.7 Å². The van der Waals surface area contributed by atoms with E-state index in [4.69, 9.17) is 23.2 Å². The Hall–Kier alpha value is -2.04. The molecule has 30 heavy (non-hydrogen) atoms. The minimum atomic E-state index is -0.000119. The molecule has 160 valence electrons. The number of benzene rings is 2. The molecule has 0 saturated heterocycles. The maximum atomic E-state index is 12.4. The Morgan fingerprint density at radius 3 is 1.50 bits per heavy atom. The zero-order valence-corrected chi connectivity index (χ0v) is 18.5. The van der Waals surface area contributed by atoms with Crippen LogP contribution in [0.4, 0.5) is 0 Å². The molecule has 0 heterocycles. The van der Waals surface area contributed by atoms with E-state index in [1.54, 1.807) is 0 Å². The molecule has 0 aromatic heterocycles. The number of halogens is 2. The number of amides is 2. The summed E-state index contributed by atoms with van der Waals surface area (Å²) in [7, 11) is 0. The summed E-state index contributed by atoms with van der Waals surface area (Å²) in [5, 5.41) is 7.48. The monoisotopic (exact) mass is 446 g/mol. The molecule has 0 atom stereocenters. The largest absolute Gasteiger partial charge is 0.356 e. The van der Waals surface area contributed by atoms with Gasteiger partial charge in [0.2, 0.25) is 11.8 Å². The lowest BCUT2D eigenvalue weighted by Crippen LogP contribution is -2.38. The number of nitrogens with one attached hydrogen (secondary N) is 2. The van der Waals surface area contributed by atoms with Crippen molar-refractivity contribution < 1.29 is 9.59 Å². The van der Waals surface area contributed by atoms with Crippen molar-refractivity contribution in [3.8, 4) is 0 Å². The Bertz CT molecular complexity index is 792. The van der Waals surface area contributed by atoms with Gasteiger partial charge in [-0.2, -0.15) is 0 Å². The second-order valence-electron chi connectivity index (χ2n) is 7.89. The molecule has 0 aliphatic heterocycles. The lowest BCUT2D eigenvalue weighted by atomic mass is 9.81. The molecule has 0 radical (unpaired) electrons. The first kappa shape index (κ1) is 22.6. The highest BCUT2D eigenvalue weighted by molar-refractivity contribution is 6.30. The van der Waals surface area contributed by atoms with Gasteiger partial charge in [-0.3, -0.25) is 9.59 Å². The topological polar surface area (TPSA) is 58.2 Å². The Morgan fingerprint density at radius 1 is 0.733 bits per heavy atom. The van der Waals surface area contributed by atoms with Crippen LogP contribution in [-0.4, -0.2) is 24.9 Å². The summed E-state index contributed by atoms with van der Waals surface area (Å²) >= 11 is 12.0. The van der Waals surface area contributed by atoms with Gasteiger partial charge in [-0.15, -0.1) is 0 Å². The predicted octanol–water partition coefficient (Wildman–Crippen LogP) is 4.82. The van der Waals surface area contributed by atoms with E-state index < -0.39 is 0 Å². The SMILES string of the molecule is O=C(NCCc1cccc(Cl)c1)C1CCC(C(=O)NCCc2cccc(Cl)c2)CC1. The number of hydrogen-bond acceptors (Lipinski definition) is 2. The molecule has 2 aromatic carbocycles. The number of carbonyl (C=O) groups is 2. The standard InChI is InChI=1S/C24H28Cl2N2O2/c25-21-5-1-3-17(15-21)11-13-27-23(29)19-7-9-20(10-8-19)24(30)28-14-12-18-4-2-6-22(26)16-18/h1-6,15-16,19-20H,7-14H2,(H,27,29)(H,28,30). The second-order valence-corrected chi connectivity index (χ2v) is 8.76. The highest BCUT2D eigenvalue weighted by Gasteiger charge is 2.29. The summed E-state index contributed by atoms with van der Waals surface area (Å²) in [6.07, 6.45) is 4.56. The molecule has 1 aliphatic carbocycles. The zero-order valence-electron chi connectivity index (χ0n) is 17.0. The fourth-order valence-electron chi connectivity index (χ4n) is 3.95. The van der Waals surface area contributed by atoms with Gasteiger partial charge in [0.05, 0.1) is 0 Å². The molecule has 1 fully saturated rings. The molecule has 2 aromatic rings. The fraction of sp³-hybridized carbons (Fsp3) is 0.417. The quantitative estimate of drug-likeness (QED) is 0.610. The Labute approximate surface area is 188 Å². The van der Waals surface area contributed by atoms with Gasteiger partial charge < -0.3 is 10.6 Å². The van der Waals surface area contributed by atoms with Crippen molar-refractivity contribution in [3.63, 3.8) is 0 Å². The van der Waals surface area contributed by atoms with Crippen molar-refractivity contribution in [1.82, 2.24) is 10.6 Å². The lowest BCUT2D eigenvalue weighted by Gasteiger charge is -2.27. The maximum Gasteiger partial charge on any atom is 0.223 e. The van der Waals surface area contributed by atoms with E-state index >= 15 is 0 Å². The van der Waals surface area contributed by atoms with Gasteiger partial charge >= 0.3 is 0 Å². The van der Waals surface area contributed by atoms with Crippen LogP contribution in [-0.2, 0) is 22.4 Å². The summed E-state index contributed by atoms with van der Waals surface area (Å²) in [5.74, 6) is 0.188. The van der Waals surface area contributed by atoms with E-state index in [0.717, 1.165) is 49.7 Å². The molecule has 1 saturated carbocycles. The van der Waals surface area contributed by atoms with Crippen LogP contribution < -0.4 is 10.6 Å². The van der Waals surface area contributed by atoms with Crippen LogP contribution in [0.1, 0.15) is 36.8 Å². The average molecular weight is 447 g/mol. The first-order chi connectivity index (χ1) is 14.5. The van der Waals surface area contributed by atoms with Crippen molar-refractivity contribution in [3.05, 3.63) is 69.7 Å². The Kier molecular flexibility index (Phi) is 8.59. The smallest absolute Gasteiger partial charge is 0.223 e. The number of hydrogen-bond donors (Lipinski definition) is 2. The minimum absolute atomic E-state index is 0.000119. The molecule has 2 amide bonds. The Morgan fingerprint density at radius 2 is 1.13 bits per heavy atom. The molecule has 6 heteroatoms. The van der Waals surface area contributed by atoms with E-state index in [1.165, 1.54) is 0 Å². The van der Waals surface area contributed by atoms with Crippen LogP contribution in [0.2, 0.25) is 10.0 Å². The number of rotatable bonds is 8. The number of carbonyl (C=O) groups excluding carboxylic acids is 2. The molecule has 0 bridgehead atoms. The van der Waals surface area contributed by atoms with Crippen LogP contribution in [0.5, 0.6) is 0 Å². The summed E-state index contributed by atoms with van der Waals surface area (Å²) in [6, 6.07) is 15.4. The van der Waals surface area contributed by atoms with Crippen LogP contribution in [0.3, 0.4) is 0 Å².